The van der Waals surface area contributed by atoms with Crippen molar-refractivity contribution in [3.8, 4) is 0 Å². The van der Waals surface area contributed by atoms with E-state index in [0.717, 1.165) is 0 Å². The van der Waals surface area contributed by atoms with Gasteiger partial charge in [0.2, 0.25) is 0 Å². The Hall–Kier alpha value is -0.160. The maximum Gasteiger partial charge on any atom is 0.0797 e. The van der Waals surface area contributed by atoms with Gasteiger partial charge < -0.3 is 20.4 Å². The lowest BCUT2D eigenvalue weighted by Crippen LogP contribution is -2.24. The molecule has 4 N–H and O–H groups in total. The van der Waals surface area contributed by atoms with Crippen LogP contribution in [0.5, 0.6) is 0 Å². The molecule has 14 heavy (non-hydrogen) atoms. The molecule has 0 aromatic rings. The first-order chi connectivity index (χ1) is 6.43. The predicted molar refractivity (Wildman–Crippen MR) is 53.8 cm³/mol. The van der Waals surface area contributed by atoms with Gasteiger partial charge in [-0.2, -0.15) is 0 Å². The minimum Gasteiger partial charge on any atom is -0.393 e. The fourth-order valence-corrected chi connectivity index (χ4v) is 1.18. The highest BCUT2D eigenvalue weighted by atomic mass is 16.3. The maximum absolute atomic E-state index is 9.42. The van der Waals surface area contributed by atoms with E-state index in [2.05, 4.69) is 0 Å². The van der Waals surface area contributed by atoms with Crippen LogP contribution >= 0.6 is 0 Å². The van der Waals surface area contributed by atoms with Gasteiger partial charge in [-0.15, -0.1) is 0 Å². The van der Waals surface area contributed by atoms with E-state index in [-0.39, 0.29) is 0 Å². The first-order valence-electron chi connectivity index (χ1n) is 5.15. The Kier molecular flexibility index (Phi) is 7.09. The summed E-state index contributed by atoms with van der Waals surface area (Å²) in [7, 11) is 0. The maximum atomic E-state index is 9.42. The minimum atomic E-state index is -0.767. The Labute approximate surface area is 85.2 Å². The molecule has 4 atom stereocenters. The number of aliphatic hydroxyl groups excluding tert-OH is 4. The van der Waals surface area contributed by atoms with Crippen molar-refractivity contribution in [2.45, 2.75) is 63.9 Å². The number of hydrogen-bond donors (Lipinski definition) is 4. The second-order valence-corrected chi connectivity index (χ2v) is 3.97. The molecular formula is C10H22O4. The van der Waals surface area contributed by atoms with Crippen molar-refractivity contribution in [3.05, 3.63) is 0 Å². The third-order valence-electron chi connectivity index (χ3n) is 2.27. The van der Waals surface area contributed by atoms with Crippen molar-refractivity contribution in [2.24, 2.45) is 0 Å². The lowest BCUT2D eigenvalue weighted by Gasteiger charge is -2.16. The van der Waals surface area contributed by atoms with Gasteiger partial charge >= 0.3 is 0 Å². The van der Waals surface area contributed by atoms with Crippen LogP contribution in [0.15, 0.2) is 0 Å². The summed E-state index contributed by atoms with van der Waals surface area (Å²) < 4.78 is 0. The molecule has 0 aromatic heterocycles. The summed E-state index contributed by atoms with van der Waals surface area (Å²) in [4.78, 5) is 0. The lowest BCUT2D eigenvalue weighted by atomic mass is 10.0. The van der Waals surface area contributed by atoms with Gasteiger partial charge in [0.15, 0.2) is 0 Å². The highest BCUT2D eigenvalue weighted by Gasteiger charge is 2.13. The molecule has 0 aromatic carbocycles. The van der Waals surface area contributed by atoms with E-state index in [1.165, 1.54) is 6.92 Å². The molecule has 4 heteroatoms. The van der Waals surface area contributed by atoms with Crippen LogP contribution in [0.3, 0.4) is 0 Å². The monoisotopic (exact) mass is 206 g/mol. The molecule has 0 aliphatic heterocycles. The molecule has 86 valence electrons. The Balaban J connectivity index is 3.48. The Bertz CT molecular complexity index is 136. The van der Waals surface area contributed by atoms with Gasteiger partial charge in [0.05, 0.1) is 24.4 Å². The highest BCUT2D eigenvalue weighted by Crippen LogP contribution is 2.10. The highest BCUT2D eigenvalue weighted by molar-refractivity contribution is 4.66. The van der Waals surface area contributed by atoms with E-state index in [1.54, 1.807) is 6.92 Å². The first-order valence-corrected chi connectivity index (χ1v) is 5.15. The van der Waals surface area contributed by atoms with E-state index in [9.17, 15) is 10.2 Å². The second kappa shape index (κ2) is 7.17. The van der Waals surface area contributed by atoms with Crippen LogP contribution in [0, 0.1) is 0 Å². The molecule has 0 rings (SSSR count). The molecular weight excluding hydrogens is 184 g/mol. The summed E-state index contributed by atoms with van der Waals surface area (Å²) in [6, 6.07) is 0. The third-order valence-corrected chi connectivity index (χ3v) is 2.27. The fourth-order valence-electron chi connectivity index (χ4n) is 1.18. The van der Waals surface area contributed by atoms with Gasteiger partial charge in [-0.25, -0.2) is 0 Å². The van der Waals surface area contributed by atoms with Crippen molar-refractivity contribution in [1.29, 1.82) is 0 Å². The van der Waals surface area contributed by atoms with Crippen molar-refractivity contribution < 1.29 is 20.4 Å². The molecule has 0 bridgehead atoms. The molecule has 0 fully saturated rings. The SMILES string of the molecule is CC(O)CCC(O)CCC(O)C(C)O. The van der Waals surface area contributed by atoms with E-state index >= 15 is 0 Å². The standard InChI is InChI=1S/C10H22O4/c1-7(11)3-4-9(13)5-6-10(14)8(2)12/h7-14H,3-6H2,1-2H3. The van der Waals surface area contributed by atoms with Gasteiger partial charge in [-0.3, -0.25) is 0 Å². The van der Waals surface area contributed by atoms with Crippen molar-refractivity contribution in [1.82, 2.24) is 0 Å². The van der Waals surface area contributed by atoms with Gasteiger partial charge in [-0.05, 0) is 39.5 Å². The van der Waals surface area contributed by atoms with E-state index in [4.69, 9.17) is 10.2 Å². The van der Waals surface area contributed by atoms with Crippen LogP contribution in [0.25, 0.3) is 0 Å². The van der Waals surface area contributed by atoms with Gasteiger partial charge in [-0.1, -0.05) is 0 Å². The molecule has 4 nitrogen and oxygen atoms in total. The van der Waals surface area contributed by atoms with E-state index in [1.807, 2.05) is 0 Å². The molecule has 0 spiro atoms. The average Bonchev–Trinajstić information content (AvgIpc) is 2.10. The predicted octanol–water partition coefficient (Wildman–Crippen LogP) is 0.0302. The summed E-state index contributed by atoms with van der Waals surface area (Å²) in [6.07, 6.45) is -0.479. The van der Waals surface area contributed by atoms with Crippen LogP contribution in [0.1, 0.15) is 39.5 Å². The molecule has 0 saturated carbocycles. The normalized spacial score (nSPS) is 20.1. The second-order valence-electron chi connectivity index (χ2n) is 3.97. The fraction of sp³-hybridized carbons (Fsp3) is 1.00. The van der Waals surface area contributed by atoms with Crippen molar-refractivity contribution >= 4 is 0 Å². The topological polar surface area (TPSA) is 80.9 Å². The molecule has 0 saturated heterocycles. The van der Waals surface area contributed by atoms with Crippen LogP contribution < -0.4 is 0 Å². The largest absolute Gasteiger partial charge is 0.393 e. The summed E-state index contributed by atoms with van der Waals surface area (Å²) in [6.45, 7) is 3.20. The Morgan fingerprint density at radius 1 is 0.786 bits per heavy atom. The third kappa shape index (κ3) is 7.26. The lowest BCUT2D eigenvalue weighted by molar-refractivity contribution is 0.0142. The smallest absolute Gasteiger partial charge is 0.0797 e. The van der Waals surface area contributed by atoms with Crippen molar-refractivity contribution in [2.75, 3.05) is 0 Å². The summed E-state index contributed by atoms with van der Waals surface area (Å²) in [5.41, 5.74) is 0. The molecule has 0 aliphatic carbocycles. The van der Waals surface area contributed by atoms with E-state index in [0.29, 0.717) is 25.7 Å². The molecule has 0 aliphatic rings. The number of rotatable bonds is 7. The zero-order valence-corrected chi connectivity index (χ0v) is 8.93. The van der Waals surface area contributed by atoms with Crippen LogP contribution in [-0.2, 0) is 0 Å². The molecule has 0 amide bonds. The first kappa shape index (κ1) is 13.8. The zero-order chi connectivity index (χ0) is 11.1. The number of hydrogen-bond acceptors (Lipinski definition) is 4. The van der Waals surface area contributed by atoms with Gasteiger partial charge in [0, 0.05) is 0 Å². The van der Waals surface area contributed by atoms with Gasteiger partial charge in [0.25, 0.3) is 0 Å². The van der Waals surface area contributed by atoms with E-state index < -0.39 is 24.4 Å². The quantitative estimate of drug-likeness (QED) is 0.474. The summed E-state index contributed by atoms with van der Waals surface area (Å²) >= 11 is 0. The van der Waals surface area contributed by atoms with Crippen LogP contribution in [-0.4, -0.2) is 44.8 Å². The van der Waals surface area contributed by atoms with Crippen LogP contribution in [0.2, 0.25) is 0 Å². The van der Waals surface area contributed by atoms with Crippen molar-refractivity contribution in [3.63, 3.8) is 0 Å². The molecule has 0 heterocycles. The van der Waals surface area contributed by atoms with Crippen LogP contribution in [0.4, 0.5) is 0 Å². The summed E-state index contributed by atoms with van der Waals surface area (Å²) in [5, 5.41) is 36.6. The average molecular weight is 206 g/mol. The Morgan fingerprint density at radius 3 is 1.71 bits per heavy atom. The summed E-state index contributed by atoms with van der Waals surface area (Å²) in [5.74, 6) is 0. The Morgan fingerprint density at radius 2 is 1.29 bits per heavy atom. The minimum absolute atomic E-state index is 0.388. The molecule has 0 radical (unpaired) electrons. The number of aliphatic hydroxyl groups is 4. The van der Waals surface area contributed by atoms with Gasteiger partial charge in [0.1, 0.15) is 0 Å². The zero-order valence-electron chi connectivity index (χ0n) is 8.93. The molecule has 4 unspecified atom stereocenters.